The van der Waals surface area contributed by atoms with Crippen LogP contribution < -0.4 is 5.73 Å². The fraction of sp³-hybridized carbons (Fsp3) is 0.357. The van der Waals surface area contributed by atoms with Crippen LogP contribution in [0.5, 0.6) is 0 Å². The highest BCUT2D eigenvalue weighted by Gasteiger charge is 2.22. The van der Waals surface area contributed by atoms with Crippen molar-refractivity contribution in [3.8, 4) is 0 Å². The van der Waals surface area contributed by atoms with E-state index in [1.807, 2.05) is 19.0 Å². The van der Waals surface area contributed by atoms with Crippen LogP contribution in [0, 0.1) is 5.82 Å². The van der Waals surface area contributed by atoms with Crippen molar-refractivity contribution in [2.75, 3.05) is 26.4 Å². The van der Waals surface area contributed by atoms with Crippen molar-refractivity contribution in [1.29, 1.82) is 0 Å². The van der Waals surface area contributed by atoms with Gasteiger partial charge in [0.2, 0.25) is 0 Å². The molecule has 5 nitrogen and oxygen atoms in total. The van der Waals surface area contributed by atoms with Gasteiger partial charge in [0.1, 0.15) is 11.9 Å². The maximum atomic E-state index is 13.4. The van der Waals surface area contributed by atoms with Crippen LogP contribution in [0.15, 0.2) is 28.9 Å². The largest absolute Gasteiger partial charge is 0.398 e. The van der Waals surface area contributed by atoms with Crippen molar-refractivity contribution in [3.05, 3.63) is 45.9 Å². The number of aromatic nitrogens is 2. The van der Waals surface area contributed by atoms with E-state index in [1.54, 1.807) is 10.9 Å². The number of benzene rings is 1. The number of hydrogen-bond acceptors (Lipinski definition) is 4. The number of aliphatic hydroxyl groups is 1. The van der Waals surface area contributed by atoms with Gasteiger partial charge in [-0.25, -0.2) is 4.39 Å². The summed E-state index contributed by atoms with van der Waals surface area (Å²) in [6.45, 7) is 1.38. The number of rotatable bonds is 5. The first kappa shape index (κ1) is 15.9. The van der Waals surface area contributed by atoms with E-state index in [4.69, 9.17) is 5.73 Å². The summed E-state index contributed by atoms with van der Waals surface area (Å²) in [6.07, 6.45) is 0.573. The van der Waals surface area contributed by atoms with Crippen molar-refractivity contribution >= 4 is 21.6 Å². The van der Waals surface area contributed by atoms with Gasteiger partial charge in [-0.3, -0.25) is 4.68 Å². The van der Waals surface area contributed by atoms with E-state index in [2.05, 4.69) is 21.0 Å². The Kier molecular flexibility index (Phi) is 4.97. The molecule has 1 aromatic heterocycles. The van der Waals surface area contributed by atoms with Crippen LogP contribution >= 0.6 is 15.9 Å². The molecule has 0 spiro atoms. The second kappa shape index (κ2) is 6.55. The van der Waals surface area contributed by atoms with Crippen LogP contribution in [0.4, 0.5) is 10.1 Å². The van der Waals surface area contributed by atoms with Gasteiger partial charge in [0, 0.05) is 17.8 Å². The van der Waals surface area contributed by atoms with E-state index in [9.17, 15) is 9.50 Å². The van der Waals surface area contributed by atoms with E-state index in [1.165, 1.54) is 18.2 Å². The van der Waals surface area contributed by atoms with E-state index < -0.39 is 11.9 Å². The summed E-state index contributed by atoms with van der Waals surface area (Å²) in [4.78, 5) is 2.02. The van der Waals surface area contributed by atoms with Crippen molar-refractivity contribution in [3.63, 3.8) is 0 Å². The fourth-order valence-corrected chi connectivity index (χ4v) is 2.56. The molecule has 3 N–H and O–H groups in total. The highest BCUT2D eigenvalue weighted by atomic mass is 79.9. The van der Waals surface area contributed by atoms with Crippen molar-refractivity contribution in [2.24, 2.45) is 0 Å². The highest BCUT2D eigenvalue weighted by Crippen LogP contribution is 2.31. The van der Waals surface area contributed by atoms with Gasteiger partial charge < -0.3 is 15.7 Å². The first-order valence-electron chi connectivity index (χ1n) is 6.49. The molecule has 7 heteroatoms. The maximum Gasteiger partial charge on any atom is 0.124 e. The fourth-order valence-electron chi connectivity index (χ4n) is 2.05. The van der Waals surface area contributed by atoms with E-state index >= 15 is 0 Å². The average molecular weight is 357 g/mol. The second-order valence-electron chi connectivity index (χ2n) is 5.08. The third-order valence-corrected chi connectivity index (χ3v) is 3.81. The lowest BCUT2D eigenvalue weighted by Crippen LogP contribution is -2.21. The Morgan fingerprint density at radius 1 is 1.48 bits per heavy atom. The standard InChI is InChI=1S/C14H18BrFN4O/c1-19(2)5-6-20-13(11(15)8-18-20)14(21)10-7-9(16)3-4-12(10)17/h3-4,7-8,14,21H,5-6,17H2,1-2H3. The van der Waals surface area contributed by atoms with E-state index in [-0.39, 0.29) is 0 Å². The van der Waals surface area contributed by atoms with Gasteiger partial charge in [0.25, 0.3) is 0 Å². The number of nitrogens with zero attached hydrogens (tertiary/aromatic N) is 3. The molecule has 2 rings (SSSR count). The Labute approximate surface area is 131 Å². The normalized spacial score (nSPS) is 12.9. The second-order valence-corrected chi connectivity index (χ2v) is 5.93. The van der Waals surface area contributed by atoms with Crippen molar-refractivity contribution in [2.45, 2.75) is 12.6 Å². The minimum absolute atomic E-state index is 0.335. The Bertz CT molecular complexity index is 629. The van der Waals surface area contributed by atoms with Crippen LogP contribution in [-0.4, -0.2) is 40.4 Å². The van der Waals surface area contributed by atoms with Gasteiger partial charge in [-0.05, 0) is 48.2 Å². The van der Waals surface area contributed by atoms with Gasteiger partial charge in [0.15, 0.2) is 0 Å². The average Bonchev–Trinajstić information content (AvgIpc) is 2.79. The van der Waals surface area contributed by atoms with Crippen molar-refractivity contribution in [1.82, 2.24) is 14.7 Å². The third kappa shape index (κ3) is 3.61. The number of hydrogen-bond donors (Lipinski definition) is 2. The lowest BCUT2D eigenvalue weighted by Gasteiger charge is -2.17. The quantitative estimate of drug-likeness (QED) is 0.804. The molecule has 1 aromatic carbocycles. The summed E-state index contributed by atoms with van der Waals surface area (Å²) in [5, 5.41) is 14.8. The van der Waals surface area contributed by atoms with Crippen LogP contribution in [-0.2, 0) is 6.54 Å². The smallest absolute Gasteiger partial charge is 0.124 e. The molecule has 0 bridgehead atoms. The van der Waals surface area contributed by atoms with Crippen LogP contribution in [0.2, 0.25) is 0 Å². The van der Waals surface area contributed by atoms with E-state index in [0.717, 1.165) is 6.54 Å². The summed E-state index contributed by atoms with van der Waals surface area (Å²) in [5.74, 6) is -0.436. The number of aliphatic hydroxyl groups excluding tert-OH is 1. The third-order valence-electron chi connectivity index (χ3n) is 3.19. The number of likely N-dealkylation sites (N-methyl/N-ethyl adjacent to an activating group) is 1. The maximum absolute atomic E-state index is 13.4. The topological polar surface area (TPSA) is 67.3 Å². The predicted molar refractivity (Wildman–Crippen MR) is 83.4 cm³/mol. The number of anilines is 1. The minimum atomic E-state index is -1.04. The summed E-state index contributed by atoms with van der Waals surface area (Å²) in [6, 6.07) is 3.96. The van der Waals surface area contributed by atoms with Gasteiger partial charge in [-0.15, -0.1) is 0 Å². The number of nitrogen functional groups attached to an aromatic ring is 1. The molecule has 2 aromatic rings. The lowest BCUT2D eigenvalue weighted by atomic mass is 10.0. The molecule has 0 aliphatic heterocycles. The zero-order valence-electron chi connectivity index (χ0n) is 11.9. The van der Waals surface area contributed by atoms with Gasteiger partial charge in [0.05, 0.1) is 22.9 Å². The molecule has 0 aliphatic carbocycles. The first-order chi connectivity index (χ1) is 9.90. The Balaban J connectivity index is 2.36. The SMILES string of the molecule is CN(C)CCn1ncc(Br)c1C(O)c1cc(F)ccc1N. The number of halogens is 2. The van der Waals surface area contributed by atoms with Gasteiger partial charge in [-0.2, -0.15) is 5.10 Å². The zero-order chi connectivity index (χ0) is 15.6. The summed E-state index contributed by atoms with van der Waals surface area (Å²) < 4.78 is 15.8. The first-order valence-corrected chi connectivity index (χ1v) is 7.28. The van der Waals surface area contributed by atoms with E-state index in [0.29, 0.717) is 28.0 Å². The molecule has 0 amide bonds. The summed E-state index contributed by atoms with van der Waals surface area (Å²) in [5.41, 5.74) is 7.08. The van der Waals surface area contributed by atoms with Crippen LogP contribution in [0.25, 0.3) is 0 Å². The monoisotopic (exact) mass is 356 g/mol. The molecule has 0 radical (unpaired) electrons. The molecule has 0 aliphatic rings. The molecule has 0 saturated carbocycles. The lowest BCUT2D eigenvalue weighted by molar-refractivity contribution is 0.205. The Hall–Kier alpha value is -1.44. The summed E-state index contributed by atoms with van der Waals surface area (Å²) >= 11 is 3.37. The molecule has 114 valence electrons. The Morgan fingerprint density at radius 2 is 2.19 bits per heavy atom. The summed E-state index contributed by atoms with van der Waals surface area (Å²) in [7, 11) is 3.92. The minimum Gasteiger partial charge on any atom is -0.398 e. The Morgan fingerprint density at radius 3 is 2.86 bits per heavy atom. The van der Waals surface area contributed by atoms with Crippen molar-refractivity contribution < 1.29 is 9.50 Å². The van der Waals surface area contributed by atoms with Gasteiger partial charge >= 0.3 is 0 Å². The molecule has 1 heterocycles. The molecular weight excluding hydrogens is 339 g/mol. The molecule has 21 heavy (non-hydrogen) atoms. The molecule has 0 fully saturated rings. The molecular formula is C14H18BrFN4O. The number of nitrogens with two attached hydrogens (primary N) is 1. The zero-order valence-corrected chi connectivity index (χ0v) is 13.5. The van der Waals surface area contributed by atoms with Crippen LogP contribution in [0.1, 0.15) is 17.4 Å². The highest BCUT2D eigenvalue weighted by molar-refractivity contribution is 9.10. The van der Waals surface area contributed by atoms with Gasteiger partial charge in [-0.1, -0.05) is 0 Å². The van der Waals surface area contributed by atoms with Crippen LogP contribution in [0.3, 0.4) is 0 Å². The molecule has 1 unspecified atom stereocenters. The predicted octanol–water partition coefficient (Wildman–Crippen LogP) is 2.01. The molecule has 1 atom stereocenters. The molecule has 0 saturated heterocycles.